The molecule has 4 aromatic carbocycles. The van der Waals surface area contributed by atoms with Gasteiger partial charge in [0, 0.05) is 0 Å². The molecule has 0 N–H and O–H groups in total. The Bertz CT molecular complexity index is 1090. The standard InChI is InChI=1S/C24H21GeS2/c1-24(2,3)25-26-20-14-12-16-8-4-6-10-18(16)22(20)23-19-11-7-5-9-17(19)13-15-21(23)27-25/h4-15H,1-3H3. The fourth-order valence-electron chi connectivity index (χ4n) is 3.72. The summed E-state index contributed by atoms with van der Waals surface area (Å²) in [6.45, 7) is 7.28. The summed E-state index contributed by atoms with van der Waals surface area (Å²) < 4.78 is 0.380. The average molecular weight is 446 g/mol. The molecule has 0 spiro atoms. The van der Waals surface area contributed by atoms with Crippen molar-refractivity contribution in [1.29, 1.82) is 0 Å². The molecule has 0 saturated heterocycles. The molecule has 0 unspecified atom stereocenters. The number of fused-ring (bicyclic) bond motifs is 7. The molecule has 1 aliphatic rings. The van der Waals surface area contributed by atoms with Gasteiger partial charge in [-0.25, -0.2) is 0 Å². The number of benzene rings is 4. The van der Waals surface area contributed by atoms with Crippen molar-refractivity contribution in [2.24, 2.45) is 0 Å². The molecule has 1 heterocycles. The molecule has 0 aliphatic carbocycles. The molecule has 0 aromatic heterocycles. The van der Waals surface area contributed by atoms with Crippen LogP contribution in [0.15, 0.2) is 82.6 Å². The summed E-state index contributed by atoms with van der Waals surface area (Å²) in [5, 5.41) is 5.43. The first-order valence-corrected chi connectivity index (χ1v) is 17.1. The molecule has 1 aliphatic heterocycles. The normalized spacial score (nSPS) is 14.8. The van der Waals surface area contributed by atoms with Crippen LogP contribution < -0.4 is 0 Å². The van der Waals surface area contributed by atoms with Crippen LogP contribution in [-0.2, 0) is 0 Å². The molecule has 27 heavy (non-hydrogen) atoms. The summed E-state index contributed by atoms with van der Waals surface area (Å²) in [5.74, 6) is 0. The van der Waals surface area contributed by atoms with E-state index in [0.29, 0.717) is 4.25 Å². The Morgan fingerprint density at radius 3 is 1.48 bits per heavy atom. The monoisotopic (exact) mass is 447 g/mol. The zero-order chi connectivity index (χ0) is 18.6. The van der Waals surface area contributed by atoms with Gasteiger partial charge in [0.15, 0.2) is 0 Å². The van der Waals surface area contributed by atoms with Crippen molar-refractivity contribution >= 4 is 53.8 Å². The first kappa shape index (κ1) is 17.7. The van der Waals surface area contributed by atoms with E-state index < -0.39 is 12.1 Å². The predicted molar refractivity (Wildman–Crippen MR) is 124 cm³/mol. The zero-order valence-corrected chi connectivity index (χ0v) is 19.5. The third-order valence-electron chi connectivity index (χ3n) is 5.05. The summed E-state index contributed by atoms with van der Waals surface area (Å²) in [6.07, 6.45) is 0. The molecule has 5 rings (SSSR count). The second-order valence-electron chi connectivity index (χ2n) is 8.06. The Kier molecular flexibility index (Phi) is 4.34. The van der Waals surface area contributed by atoms with Crippen molar-refractivity contribution in [3.05, 3.63) is 72.8 Å². The number of rotatable bonds is 0. The van der Waals surface area contributed by atoms with Crippen molar-refractivity contribution in [3.8, 4) is 11.1 Å². The van der Waals surface area contributed by atoms with E-state index in [1.807, 2.05) is 0 Å². The van der Waals surface area contributed by atoms with Gasteiger partial charge >= 0.3 is 173 Å². The SMILES string of the molecule is C[C](C)(C)[Ge]1[S]c2ccc3ccccc3c2-c2c(ccc3ccccc23)[S]1. The van der Waals surface area contributed by atoms with Crippen LogP contribution in [0.3, 0.4) is 0 Å². The van der Waals surface area contributed by atoms with Gasteiger partial charge in [0.25, 0.3) is 0 Å². The van der Waals surface area contributed by atoms with Crippen molar-refractivity contribution in [2.45, 2.75) is 34.8 Å². The topological polar surface area (TPSA) is 0 Å². The molecule has 3 heteroatoms. The minimum atomic E-state index is -1.49. The van der Waals surface area contributed by atoms with Crippen LogP contribution in [-0.4, -0.2) is 12.1 Å². The molecular weight excluding hydrogens is 425 g/mol. The Morgan fingerprint density at radius 2 is 1.04 bits per heavy atom. The van der Waals surface area contributed by atoms with Gasteiger partial charge in [-0.15, -0.1) is 0 Å². The molecule has 0 amide bonds. The van der Waals surface area contributed by atoms with Gasteiger partial charge in [-0.1, -0.05) is 0 Å². The van der Waals surface area contributed by atoms with Gasteiger partial charge in [-0.3, -0.25) is 0 Å². The molecule has 0 fully saturated rings. The quantitative estimate of drug-likeness (QED) is 0.250. The van der Waals surface area contributed by atoms with E-state index >= 15 is 0 Å². The van der Waals surface area contributed by atoms with E-state index in [1.165, 1.54) is 42.5 Å². The Labute approximate surface area is 171 Å². The van der Waals surface area contributed by atoms with Gasteiger partial charge in [-0.05, 0) is 0 Å². The molecule has 0 atom stereocenters. The molecular formula is C24H21GeS2. The fraction of sp³-hybridized carbons (Fsp3) is 0.167. The van der Waals surface area contributed by atoms with Gasteiger partial charge in [0.2, 0.25) is 0 Å². The first-order chi connectivity index (χ1) is 13.0. The summed E-state index contributed by atoms with van der Waals surface area (Å²) in [6, 6.07) is 27.1. The van der Waals surface area contributed by atoms with E-state index in [4.69, 9.17) is 0 Å². The predicted octanol–water partition coefficient (Wildman–Crippen LogP) is 8.15. The molecule has 0 saturated carbocycles. The molecule has 133 valence electrons. The Balaban J connectivity index is 1.93. The number of hydrogen-bond acceptors (Lipinski definition) is 2. The zero-order valence-electron chi connectivity index (χ0n) is 15.7. The van der Waals surface area contributed by atoms with Crippen molar-refractivity contribution in [3.63, 3.8) is 0 Å². The van der Waals surface area contributed by atoms with E-state index in [2.05, 4.69) is 114 Å². The van der Waals surface area contributed by atoms with Crippen molar-refractivity contribution < 1.29 is 0 Å². The Morgan fingerprint density at radius 1 is 0.593 bits per heavy atom. The van der Waals surface area contributed by atoms with Crippen LogP contribution in [0.2, 0.25) is 4.25 Å². The van der Waals surface area contributed by atoms with Crippen molar-refractivity contribution in [2.75, 3.05) is 0 Å². The average Bonchev–Trinajstić information content (AvgIpc) is 2.85. The molecule has 0 nitrogen and oxygen atoms in total. The second-order valence-corrected chi connectivity index (χ2v) is 21.9. The van der Waals surface area contributed by atoms with Crippen molar-refractivity contribution in [1.82, 2.24) is 0 Å². The van der Waals surface area contributed by atoms with Gasteiger partial charge in [0.05, 0.1) is 0 Å². The summed E-state index contributed by atoms with van der Waals surface area (Å²) >= 11 is -1.49. The van der Waals surface area contributed by atoms with Gasteiger partial charge < -0.3 is 0 Å². The Hall–Kier alpha value is -1.36. The molecule has 0 bridgehead atoms. The van der Waals surface area contributed by atoms with E-state index in [9.17, 15) is 0 Å². The molecule has 4 aromatic rings. The summed E-state index contributed by atoms with van der Waals surface area (Å²) in [5.41, 5.74) is 2.90. The summed E-state index contributed by atoms with van der Waals surface area (Å²) in [4.78, 5) is 2.95. The van der Waals surface area contributed by atoms with Crippen LogP contribution in [0.4, 0.5) is 0 Å². The second kappa shape index (κ2) is 6.61. The summed E-state index contributed by atoms with van der Waals surface area (Å²) in [7, 11) is 4.39. The number of hydrogen-bond donors (Lipinski definition) is 0. The van der Waals surface area contributed by atoms with Crippen LogP contribution in [0, 0.1) is 0 Å². The van der Waals surface area contributed by atoms with Crippen LogP contribution in [0.5, 0.6) is 0 Å². The third-order valence-corrected chi connectivity index (χ3v) is 23.2. The van der Waals surface area contributed by atoms with Crippen LogP contribution in [0.1, 0.15) is 20.8 Å². The van der Waals surface area contributed by atoms with Crippen LogP contribution >= 0.6 is 20.2 Å². The first-order valence-electron chi connectivity index (χ1n) is 9.29. The maximum atomic E-state index is 2.43. The fourth-order valence-corrected chi connectivity index (χ4v) is 17.9. The van der Waals surface area contributed by atoms with Crippen LogP contribution in [0.25, 0.3) is 32.7 Å². The van der Waals surface area contributed by atoms with Gasteiger partial charge in [-0.2, -0.15) is 0 Å². The van der Waals surface area contributed by atoms with E-state index in [0.717, 1.165) is 0 Å². The van der Waals surface area contributed by atoms with E-state index in [-0.39, 0.29) is 0 Å². The third kappa shape index (κ3) is 3.02. The van der Waals surface area contributed by atoms with Gasteiger partial charge in [0.1, 0.15) is 0 Å². The molecule has 1 radical (unpaired) electrons. The maximum absolute atomic E-state index is 2.43. The van der Waals surface area contributed by atoms with E-state index in [1.54, 1.807) is 0 Å². The minimum absolute atomic E-state index is 0.380.